The molecule has 0 aromatic carbocycles. The molecule has 106 valence electrons. The Morgan fingerprint density at radius 1 is 1.39 bits per heavy atom. The van der Waals surface area contributed by atoms with Crippen molar-refractivity contribution in [1.29, 1.82) is 0 Å². The smallest absolute Gasteiger partial charge is 0.310 e. The molecule has 1 N–H and O–H groups in total. The third-order valence-electron chi connectivity index (χ3n) is 3.96. The zero-order chi connectivity index (χ0) is 13.4. The standard InChI is InChI=1S/C12H20F4N2/c1-11(9-3-4-9)7-18(6-2-5-17-11)8-12(15,16)10(13)14/h9-10,17H,2-8H2,1H3. The SMILES string of the molecule is CC1(C2CC2)CN(CC(F)(F)C(F)F)CCCN1. The fourth-order valence-electron chi connectivity index (χ4n) is 2.77. The van der Waals surface area contributed by atoms with E-state index in [1.807, 2.05) is 6.92 Å². The van der Waals surface area contributed by atoms with Crippen molar-refractivity contribution in [3.8, 4) is 0 Å². The van der Waals surface area contributed by atoms with Crippen LogP contribution in [0, 0.1) is 5.92 Å². The third-order valence-corrected chi connectivity index (χ3v) is 3.96. The molecule has 0 bridgehead atoms. The minimum atomic E-state index is -3.91. The molecule has 6 heteroatoms. The summed E-state index contributed by atoms with van der Waals surface area (Å²) in [5.74, 6) is -3.41. The largest absolute Gasteiger partial charge is 0.319 e. The summed E-state index contributed by atoms with van der Waals surface area (Å²) in [6.45, 7) is 2.83. The van der Waals surface area contributed by atoms with Crippen LogP contribution in [-0.2, 0) is 0 Å². The van der Waals surface area contributed by atoms with Gasteiger partial charge in [0.2, 0.25) is 0 Å². The van der Waals surface area contributed by atoms with E-state index in [1.165, 1.54) is 4.90 Å². The van der Waals surface area contributed by atoms with Gasteiger partial charge in [0.1, 0.15) is 0 Å². The Kier molecular flexibility index (Phi) is 3.88. The third kappa shape index (κ3) is 3.15. The highest BCUT2D eigenvalue weighted by Crippen LogP contribution is 2.41. The predicted molar refractivity (Wildman–Crippen MR) is 61.1 cm³/mol. The van der Waals surface area contributed by atoms with E-state index in [9.17, 15) is 17.6 Å². The molecule has 0 amide bonds. The Hall–Kier alpha value is -0.360. The second-order valence-electron chi connectivity index (χ2n) is 5.74. The second kappa shape index (κ2) is 4.96. The van der Waals surface area contributed by atoms with Crippen molar-refractivity contribution in [2.24, 2.45) is 5.92 Å². The zero-order valence-electron chi connectivity index (χ0n) is 10.6. The van der Waals surface area contributed by atoms with Crippen molar-refractivity contribution < 1.29 is 17.6 Å². The van der Waals surface area contributed by atoms with Gasteiger partial charge in [-0.05, 0) is 45.2 Å². The first-order chi connectivity index (χ1) is 8.33. The molecule has 0 radical (unpaired) electrons. The number of hydrogen-bond donors (Lipinski definition) is 1. The lowest BCUT2D eigenvalue weighted by Crippen LogP contribution is -2.53. The van der Waals surface area contributed by atoms with Crippen LogP contribution in [0.5, 0.6) is 0 Å². The first-order valence-corrected chi connectivity index (χ1v) is 6.47. The van der Waals surface area contributed by atoms with Gasteiger partial charge in [-0.3, -0.25) is 4.90 Å². The molecule has 1 saturated carbocycles. The van der Waals surface area contributed by atoms with Crippen LogP contribution < -0.4 is 5.32 Å². The zero-order valence-corrected chi connectivity index (χ0v) is 10.6. The van der Waals surface area contributed by atoms with Crippen LogP contribution in [0.2, 0.25) is 0 Å². The molecule has 0 spiro atoms. The molecule has 1 atom stereocenters. The first kappa shape index (κ1) is 14.1. The average molecular weight is 268 g/mol. The van der Waals surface area contributed by atoms with Crippen LogP contribution in [0.15, 0.2) is 0 Å². The molecule has 0 aromatic heterocycles. The summed E-state index contributed by atoms with van der Waals surface area (Å²) in [5, 5.41) is 3.39. The fourth-order valence-corrected chi connectivity index (χ4v) is 2.77. The fraction of sp³-hybridized carbons (Fsp3) is 1.00. The van der Waals surface area contributed by atoms with Gasteiger partial charge in [0.15, 0.2) is 0 Å². The van der Waals surface area contributed by atoms with Crippen molar-refractivity contribution in [2.75, 3.05) is 26.2 Å². The average Bonchev–Trinajstić information content (AvgIpc) is 3.05. The topological polar surface area (TPSA) is 15.3 Å². The molecule has 2 aliphatic rings. The summed E-state index contributed by atoms with van der Waals surface area (Å²) in [6.07, 6.45) is -0.659. The Morgan fingerprint density at radius 3 is 2.61 bits per heavy atom. The summed E-state index contributed by atoms with van der Waals surface area (Å²) < 4.78 is 50.7. The van der Waals surface area contributed by atoms with E-state index < -0.39 is 18.9 Å². The predicted octanol–water partition coefficient (Wildman–Crippen LogP) is 2.35. The van der Waals surface area contributed by atoms with Crippen molar-refractivity contribution in [3.05, 3.63) is 0 Å². The van der Waals surface area contributed by atoms with Crippen molar-refractivity contribution >= 4 is 0 Å². The van der Waals surface area contributed by atoms with E-state index in [1.54, 1.807) is 0 Å². The highest BCUT2D eigenvalue weighted by molar-refractivity contribution is 5.01. The first-order valence-electron chi connectivity index (χ1n) is 6.47. The molecular weight excluding hydrogens is 248 g/mol. The maximum Gasteiger partial charge on any atom is 0.319 e. The summed E-state index contributed by atoms with van der Waals surface area (Å²) in [5.41, 5.74) is -0.200. The summed E-state index contributed by atoms with van der Waals surface area (Å²) in [6, 6.07) is 0. The minimum Gasteiger partial charge on any atom is -0.310 e. The molecule has 2 rings (SSSR count). The maximum absolute atomic E-state index is 13.1. The van der Waals surface area contributed by atoms with E-state index in [4.69, 9.17) is 0 Å². The lowest BCUT2D eigenvalue weighted by atomic mass is 9.95. The lowest BCUT2D eigenvalue weighted by molar-refractivity contribution is -0.143. The number of rotatable bonds is 4. The summed E-state index contributed by atoms with van der Waals surface area (Å²) in [7, 11) is 0. The van der Waals surface area contributed by atoms with Crippen LogP contribution >= 0.6 is 0 Å². The molecule has 1 heterocycles. The van der Waals surface area contributed by atoms with Gasteiger partial charge in [0, 0.05) is 12.1 Å². The van der Waals surface area contributed by atoms with Gasteiger partial charge in [-0.1, -0.05) is 0 Å². The van der Waals surface area contributed by atoms with Crippen LogP contribution in [0.3, 0.4) is 0 Å². The molecule has 18 heavy (non-hydrogen) atoms. The Morgan fingerprint density at radius 2 is 2.06 bits per heavy atom. The number of hydrogen-bond acceptors (Lipinski definition) is 2. The molecule has 2 nitrogen and oxygen atoms in total. The van der Waals surface area contributed by atoms with E-state index in [-0.39, 0.29) is 5.54 Å². The van der Waals surface area contributed by atoms with Gasteiger partial charge >= 0.3 is 12.3 Å². The van der Waals surface area contributed by atoms with Crippen LogP contribution in [0.25, 0.3) is 0 Å². The quantitative estimate of drug-likeness (QED) is 0.787. The molecule has 1 aliphatic heterocycles. The minimum absolute atomic E-state index is 0.200. The van der Waals surface area contributed by atoms with Gasteiger partial charge in [-0.2, -0.15) is 8.78 Å². The number of alkyl halides is 4. The molecule has 1 unspecified atom stereocenters. The number of nitrogens with zero attached hydrogens (tertiary/aromatic N) is 1. The Labute approximate surface area is 105 Å². The van der Waals surface area contributed by atoms with Crippen LogP contribution in [-0.4, -0.2) is 49.0 Å². The van der Waals surface area contributed by atoms with Crippen molar-refractivity contribution in [3.63, 3.8) is 0 Å². The Bertz CT molecular complexity index is 294. The molecule has 1 aliphatic carbocycles. The summed E-state index contributed by atoms with van der Waals surface area (Å²) in [4.78, 5) is 1.49. The van der Waals surface area contributed by atoms with Gasteiger partial charge in [0.25, 0.3) is 0 Å². The van der Waals surface area contributed by atoms with Crippen LogP contribution in [0.1, 0.15) is 26.2 Å². The van der Waals surface area contributed by atoms with Crippen molar-refractivity contribution in [1.82, 2.24) is 10.2 Å². The Balaban J connectivity index is 1.99. The van der Waals surface area contributed by atoms with Gasteiger partial charge in [-0.15, -0.1) is 0 Å². The number of nitrogens with one attached hydrogen (secondary N) is 1. The molecule has 2 fully saturated rings. The number of halogens is 4. The van der Waals surface area contributed by atoms with Gasteiger partial charge < -0.3 is 5.32 Å². The van der Waals surface area contributed by atoms with E-state index in [0.29, 0.717) is 19.0 Å². The maximum atomic E-state index is 13.1. The van der Waals surface area contributed by atoms with E-state index in [2.05, 4.69) is 5.32 Å². The van der Waals surface area contributed by atoms with Crippen LogP contribution in [0.4, 0.5) is 17.6 Å². The highest BCUT2D eigenvalue weighted by atomic mass is 19.3. The normalized spacial score (nSPS) is 31.7. The van der Waals surface area contributed by atoms with E-state index in [0.717, 1.165) is 25.8 Å². The molecule has 0 aromatic rings. The van der Waals surface area contributed by atoms with Gasteiger partial charge in [0.05, 0.1) is 6.54 Å². The monoisotopic (exact) mass is 268 g/mol. The summed E-state index contributed by atoms with van der Waals surface area (Å²) >= 11 is 0. The lowest BCUT2D eigenvalue weighted by Gasteiger charge is -2.35. The highest BCUT2D eigenvalue weighted by Gasteiger charge is 2.47. The molecule has 1 saturated heterocycles. The van der Waals surface area contributed by atoms with Gasteiger partial charge in [-0.25, -0.2) is 8.78 Å². The second-order valence-corrected chi connectivity index (χ2v) is 5.74. The molecular formula is C12H20F4N2. The van der Waals surface area contributed by atoms with Crippen molar-refractivity contribution in [2.45, 2.75) is 44.1 Å². The van der Waals surface area contributed by atoms with E-state index >= 15 is 0 Å².